The summed E-state index contributed by atoms with van der Waals surface area (Å²) >= 11 is 0. The molecule has 0 N–H and O–H groups in total. The number of hydrogen-bond acceptors (Lipinski definition) is 6. The summed E-state index contributed by atoms with van der Waals surface area (Å²) in [5.41, 5.74) is -0.0913. The summed E-state index contributed by atoms with van der Waals surface area (Å²) in [6.45, 7) is 4.93. The third kappa shape index (κ3) is 4.01. The smallest absolute Gasteiger partial charge is 0.293 e. The third-order valence-electron chi connectivity index (χ3n) is 4.27. The van der Waals surface area contributed by atoms with Gasteiger partial charge in [0.1, 0.15) is 0 Å². The number of aromatic nitrogens is 4. The van der Waals surface area contributed by atoms with E-state index in [2.05, 4.69) is 15.0 Å². The minimum Gasteiger partial charge on any atom is -0.374 e. The first-order chi connectivity index (χ1) is 11.6. The van der Waals surface area contributed by atoms with Gasteiger partial charge in [-0.05, 0) is 6.07 Å². The van der Waals surface area contributed by atoms with E-state index in [4.69, 9.17) is 4.74 Å². The molecule has 1 atom stereocenters. The second kappa shape index (κ2) is 7.59. The van der Waals surface area contributed by atoms with Crippen LogP contribution in [0.2, 0.25) is 0 Å². The molecule has 0 radical (unpaired) electrons. The highest BCUT2D eigenvalue weighted by Crippen LogP contribution is 2.09. The Bertz CT molecular complexity index is 699. The largest absolute Gasteiger partial charge is 0.374 e. The molecule has 24 heavy (non-hydrogen) atoms. The van der Waals surface area contributed by atoms with Crippen molar-refractivity contribution in [2.24, 2.45) is 7.05 Å². The van der Waals surface area contributed by atoms with Crippen LogP contribution >= 0.6 is 0 Å². The summed E-state index contributed by atoms with van der Waals surface area (Å²) < 4.78 is 9.34. The van der Waals surface area contributed by atoms with Crippen molar-refractivity contribution in [1.82, 2.24) is 24.2 Å². The summed E-state index contributed by atoms with van der Waals surface area (Å²) in [5.74, 6) is 0.456. The van der Waals surface area contributed by atoms with Crippen LogP contribution in [0.5, 0.6) is 0 Å². The Kier molecular flexibility index (Phi) is 5.27. The van der Waals surface area contributed by atoms with Gasteiger partial charge < -0.3 is 14.2 Å². The number of ether oxygens (including phenoxy) is 1. The molecule has 1 fully saturated rings. The van der Waals surface area contributed by atoms with Crippen LogP contribution in [-0.4, -0.2) is 70.2 Å². The van der Waals surface area contributed by atoms with E-state index in [1.165, 1.54) is 4.57 Å². The van der Waals surface area contributed by atoms with Crippen molar-refractivity contribution < 1.29 is 4.74 Å². The maximum Gasteiger partial charge on any atom is 0.293 e. The van der Waals surface area contributed by atoms with E-state index in [-0.39, 0.29) is 11.7 Å². The number of aryl methyl sites for hydroxylation is 1. The molecular weight excluding hydrogens is 308 g/mol. The molecule has 2 aromatic heterocycles. The Morgan fingerprint density at radius 1 is 1.33 bits per heavy atom. The first-order valence-corrected chi connectivity index (χ1v) is 8.17. The second-order valence-corrected chi connectivity index (χ2v) is 6.11. The summed E-state index contributed by atoms with van der Waals surface area (Å²) in [6.07, 6.45) is 7.14. The summed E-state index contributed by atoms with van der Waals surface area (Å²) in [5, 5.41) is 4.23. The van der Waals surface area contributed by atoms with Crippen LogP contribution in [0.25, 0.3) is 0 Å². The zero-order valence-corrected chi connectivity index (χ0v) is 14.2. The number of nitrogens with zero attached hydrogens (tertiary/aromatic N) is 6. The third-order valence-corrected chi connectivity index (χ3v) is 4.27. The van der Waals surface area contributed by atoms with Gasteiger partial charge in [0.25, 0.3) is 5.56 Å². The van der Waals surface area contributed by atoms with E-state index in [0.29, 0.717) is 19.0 Å². The van der Waals surface area contributed by atoms with Crippen molar-refractivity contribution >= 4 is 5.82 Å². The highest BCUT2D eigenvalue weighted by molar-refractivity contribution is 5.34. The molecule has 1 saturated heterocycles. The van der Waals surface area contributed by atoms with E-state index in [9.17, 15) is 4.79 Å². The molecule has 1 aliphatic heterocycles. The standard InChI is InChI=1S/C16H24N6O2/c1-19-7-5-17-15(16(19)23)20(2)12-14-13-21(10-11-24-14)8-9-22-6-3-4-18-22/h3-7,14H,8-13H2,1-2H3/t14-/m1/s1. The Morgan fingerprint density at radius 3 is 3.00 bits per heavy atom. The van der Waals surface area contributed by atoms with Gasteiger partial charge in [-0.2, -0.15) is 5.10 Å². The molecule has 0 aliphatic carbocycles. The van der Waals surface area contributed by atoms with E-state index >= 15 is 0 Å². The Morgan fingerprint density at radius 2 is 2.21 bits per heavy atom. The van der Waals surface area contributed by atoms with E-state index in [1.807, 2.05) is 28.9 Å². The van der Waals surface area contributed by atoms with Crippen LogP contribution in [0.3, 0.4) is 0 Å². The van der Waals surface area contributed by atoms with Crippen molar-refractivity contribution in [2.75, 3.05) is 44.7 Å². The maximum absolute atomic E-state index is 12.1. The number of anilines is 1. The Labute approximate surface area is 141 Å². The molecule has 8 nitrogen and oxygen atoms in total. The minimum absolute atomic E-state index is 0.0630. The molecular formula is C16H24N6O2. The molecule has 0 spiro atoms. The fourth-order valence-corrected chi connectivity index (χ4v) is 2.91. The first-order valence-electron chi connectivity index (χ1n) is 8.17. The lowest BCUT2D eigenvalue weighted by Crippen LogP contribution is -2.48. The summed E-state index contributed by atoms with van der Waals surface area (Å²) in [4.78, 5) is 20.6. The molecule has 3 rings (SSSR count). The van der Waals surface area contributed by atoms with Crippen LogP contribution in [0.4, 0.5) is 5.82 Å². The topological polar surface area (TPSA) is 68.4 Å². The molecule has 2 aromatic rings. The van der Waals surface area contributed by atoms with E-state index in [1.54, 1.807) is 25.6 Å². The van der Waals surface area contributed by atoms with Gasteiger partial charge in [0.2, 0.25) is 0 Å². The molecule has 3 heterocycles. The Balaban J connectivity index is 1.54. The minimum atomic E-state index is -0.0913. The van der Waals surface area contributed by atoms with Gasteiger partial charge >= 0.3 is 0 Å². The van der Waals surface area contributed by atoms with Crippen molar-refractivity contribution in [2.45, 2.75) is 12.6 Å². The monoisotopic (exact) mass is 332 g/mol. The molecule has 0 amide bonds. The fourth-order valence-electron chi connectivity index (χ4n) is 2.91. The van der Waals surface area contributed by atoms with Gasteiger partial charge in [-0.3, -0.25) is 14.4 Å². The number of hydrogen-bond donors (Lipinski definition) is 0. The highest BCUT2D eigenvalue weighted by Gasteiger charge is 2.23. The van der Waals surface area contributed by atoms with Crippen LogP contribution in [0.1, 0.15) is 0 Å². The lowest BCUT2D eigenvalue weighted by atomic mass is 10.2. The predicted molar refractivity (Wildman–Crippen MR) is 91.2 cm³/mol. The summed E-state index contributed by atoms with van der Waals surface area (Å²) in [7, 11) is 3.62. The van der Waals surface area contributed by atoms with Crippen LogP contribution in [0.15, 0.2) is 35.6 Å². The molecule has 0 saturated carbocycles. The molecule has 0 aromatic carbocycles. The quantitative estimate of drug-likeness (QED) is 0.731. The van der Waals surface area contributed by atoms with Crippen LogP contribution in [-0.2, 0) is 18.3 Å². The van der Waals surface area contributed by atoms with Gasteiger partial charge in [0, 0.05) is 65.1 Å². The van der Waals surface area contributed by atoms with Crippen LogP contribution < -0.4 is 10.5 Å². The van der Waals surface area contributed by atoms with Crippen LogP contribution in [0, 0.1) is 0 Å². The number of morpholine rings is 1. The molecule has 1 aliphatic rings. The molecule has 8 heteroatoms. The average Bonchev–Trinajstić information content (AvgIpc) is 3.09. The lowest BCUT2D eigenvalue weighted by molar-refractivity contribution is -0.0247. The predicted octanol–water partition coefficient (Wildman–Crippen LogP) is -0.186. The van der Waals surface area contributed by atoms with Gasteiger partial charge in [-0.15, -0.1) is 0 Å². The van der Waals surface area contributed by atoms with Gasteiger partial charge in [0.05, 0.1) is 19.3 Å². The zero-order chi connectivity index (χ0) is 16.9. The van der Waals surface area contributed by atoms with Crippen molar-refractivity contribution in [3.05, 3.63) is 41.2 Å². The zero-order valence-electron chi connectivity index (χ0n) is 14.2. The fraction of sp³-hybridized carbons (Fsp3) is 0.562. The summed E-state index contributed by atoms with van der Waals surface area (Å²) in [6, 6.07) is 1.93. The van der Waals surface area contributed by atoms with Crippen molar-refractivity contribution in [1.29, 1.82) is 0 Å². The van der Waals surface area contributed by atoms with Crippen molar-refractivity contribution in [3.63, 3.8) is 0 Å². The Hall–Kier alpha value is -2.19. The molecule has 0 bridgehead atoms. The van der Waals surface area contributed by atoms with Gasteiger partial charge in [0.15, 0.2) is 5.82 Å². The van der Waals surface area contributed by atoms with Gasteiger partial charge in [-0.1, -0.05) is 0 Å². The average molecular weight is 332 g/mol. The van der Waals surface area contributed by atoms with Gasteiger partial charge in [-0.25, -0.2) is 4.98 Å². The SMILES string of the molecule is CN(C[C@@H]1CN(CCn2cccn2)CCO1)c1nccn(C)c1=O. The first kappa shape index (κ1) is 16.7. The molecule has 130 valence electrons. The van der Waals surface area contributed by atoms with Crippen molar-refractivity contribution in [3.8, 4) is 0 Å². The second-order valence-electron chi connectivity index (χ2n) is 6.11. The number of rotatable bonds is 6. The molecule has 0 unspecified atom stereocenters. The lowest BCUT2D eigenvalue weighted by Gasteiger charge is -2.34. The normalized spacial score (nSPS) is 18.7. The number of likely N-dealkylation sites (N-methyl/N-ethyl adjacent to an activating group) is 1. The van der Waals surface area contributed by atoms with E-state index < -0.39 is 0 Å². The highest BCUT2D eigenvalue weighted by atomic mass is 16.5. The maximum atomic E-state index is 12.1. The van der Waals surface area contributed by atoms with E-state index in [0.717, 1.165) is 26.2 Å².